The number of carbonyl (C=O) groups excluding carboxylic acids is 1. The average molecular weight is 272 g/mol. The second-order valence-corrected chi connectivity index (χ2v) is 6.24. The Bertz CT molecular complexity index is 502. The maximum atomic E-state index is 12.8. The van der Waals surface area contributed by atoms with E-state index >= 15 is 0 Å². The van der Waals surface area contributed by atoms with Crippen LogP contribution in [0.1, 0.15) is 55.5 Å². The fourth-order valence-electron chi connectivity index (χ4n) is 3.58. The van der Waals surface area contributed by atoms with Crippen molar-refractivity contribution in [3.8, 4) is 0 Å². The number of likely N-dealkylation sites (tertiary alicyclic amines) is 1. The number of hydrogen-bond donors (Lipinski definition) is 1. The molecule has 0 radical (unpaired) electrons. The summed E-state index contributed by atoms with van der Waals surface area (Å²) in [6, 6.07) is 6.87. The molecule has 0 spiro atoms. The normalized spacial score (nSPS) is 25.8. The molecule has 0 unspecified atom stereocenters. The van der Waals surface area contributed by atoms with Crippen molar-refractivity contribution in [2.24, 2.45) is 0 Å². The van der Waals surface area contributed by atoms with Crippen LogP contribution in [-0.2, 0) is 6.42 Å². The molecule has 1 amide bonds. The van der Waals surface area contributed by atoms with Crippen LogP contribution in [0.5, 0.6) is 0 Å². The lowest BCUT2D eigenvalue weighted by atomic mass is 9.95. The standard InChI is InChI=1S/C17H24N2O/c1-12-5-3-6-13(2)19(12)17(20)15-8-9-16-14(11-15)7-4-10-18-16/h8-9,11-13,18H,3-7,10H2,1-2H3/t12-,13+. The van der Waals surface area contributed by atoms with E-state index in [0.717, 1.165) is 37.8 Å². The largest absolute Gasteiger partial charge is 0.385 e. The van der Waals surface area contributed by atoms with Gasteiger partial charge in [-0.2, -0.15) is 0 Å². The van der Waals surface area contributed by atoms with Crippen LogP contribution in [-0.4, -0.2) is 29.4 Å². The van der Waals surface area contributed by atoms with Gasteiger partial charge in [0.05, 0.1) is 0 Å². The molecule has 2 aliphatic heterocycles. The van der Waals surface area contributed by atoms with Crippen LogP contribution in [0.4, 0.5) is 5.69 Å². The van der Waals surface area contributed by atoms with Gasteiger partial charge in [-0.3, -0.25) is 4.79 Å². The first-order chi connectivity index (χ1) is 9.66. The summed E-state index contributed by atoms with van der Waals surface area (Å²) >= 11 is 0. The van der Waals surface area contributed by atoms with Crippen molar-refractivity contribution in [2.45, 2.75) is 58.0 Å². The average Bonchev–Trinajstić information content (AvgIpc) is 2.46. The molecule has 3 heteroatoms. The van der Waals surface area contributed by atoms with Gasteiger partial charge in [0.1, 0.15) is 0 Å². The van der Waals surface area contributed by atoms with E-state index in [1.54, 1.807) is 0 Å². The third kappa shape index (κ3) is 2.41. The van der Waals surface area contributed by atoms with Crippen molar-refractivity contribution < 1.29 is 4.79 Å². The SMILES string of the molecule is C[C@@H]1CCC[C@H](C)N1C(=O)c1ccc2c(c1)CCCN2. The molecule has 108 valence electrons. The second-order valence-electron chi connectivity index (χ2n) is 6.24. The summed E-state index contributed by atoms with van der Waals surface area (Å²) < 4.78 is 0. The quantitative estimate of drug-likeness (QED) is 0.849. The van der Waals surface area contributed by atoms with Crippen LogP contribution in [0.2, 0.25) is 0 Å². The molecule has 2 atom stereocenters. The van der Waals surface area contributed by atoms with Gasteiger partial charge in [-0.15, -0.1) is 0 Å². The van der Waals surface area contributed by atoms with Crippen LogP contribution in [0.3, 0.4) is 0 Å². The van der Waals surface area contributed by atoms with Gasteiger partial charge in [0.15, 0.2) is 0 Å². The highest BCUT2D eigenvalue weighted by atomic mass is 16.2. The number of nitrogens with one attached hydrogen (secondary N) is 1. The summed E-state index contributed by atoms with van der Waals surface area (Å²) in [6.07, 6.45) is 5.72. The lowest BCUT2D eigenvalue weighted by molar-refractivity contribution is 0.0510. The monoisotopic (exact) mass is 272 g/mol. The van der Waals surface area contributed by atoms with Gasteiger partial charge in [-0.25, -0.2) is 0 Å². The molecule has 1 aromatic rings. The number of amides is 1. The minimum atomic E-state index is 0.207. The summed E-state index contributed by atoms with van der Waals surface area (Å²) in [5.74, 6) is 0.207. The van der Waals surface area contributed by atoms with Crippen molar-refractivity contribution in [1.29, 1.82) is 0 Å². The zero-order valence-corrected chi connectivity index (χ0v) is 12.5. The molecule has 2 heterocycles. The molecule has 0 bridgehead atoms. The van der Waals surface area contributed by atoms with Crippen LogP contribution in [0.25, 0.3) is 0 Å². The molecular weight excluding hydrogens is 248 g/mol. The zero-order valence-electron chi connectivity index (χ0n) is 12.5. The van der Waals surface area contributed by atoms with Crippen LogP contribution < -0.4 is 5.32 Å². The Kier molecular flexibility index (Phi) is 3.68. The molecule has 3 nitrogen and oxygen atoms in total. The Morgan fingerprint density at radius 1 is 1.20 bits per heavy atom. The van der Waals surface area contributed by atoms with E-state index in [4.69, 9.17) is 0 Å². The van der Waals surface area contributed by atoms with Crippen molar-refractivity contribution in [2.75, 3.05) is 11.9 Å². The number of piperidine rings is 1. The van der Waals surface area contributed by atoms with Crippen molar-refractivity contribution in [1.82, 2.24) is 4.90 Å². The predicted octanol–water partition coefficient (Wildman–Crippen LogP) is 3.45. The van der Waals surface area contributed by atoms with Crippen LogP contribution in [0.15, 0.2) is 18.2 Å². The number of aryl methyl sites for hydroxylation is 1. The number of nitrogens with zero attached hydrogens (tertiary/aromatic N) is 1. The number of hydrogen-bond acceptors (Lipinski definition) is 2. The molecule has 3 rings (SSSR count). The van der Waals surface area contributed by atoms with Gasteiger partial charge in [0, 0.05) is 29.9 Å². The smallest absolute Gasteiger partial charge is 0.254 e. The molecule has 2 aliphatic rings. The highest BCUT2D eigenvalue weighted by Gasteiger charge is 2.29. The van der Waals surface area contributed by atoms with Gasteiger partial charge in [-0.1, -0.05) is 0 Å². The zero-order chi connectivity index (χ0) is 14.1. The maximum Gasteiger partial charge on any atom is 0.254 e. The highest BCUT2D eigenvalue weighted by molar-refractivity contribution is 5.95. The fourth-order valence-corrected chi connectivity index (χ4v) is 3.58. The molecule has 0 aromatic heterocycles. The van der Waals surface area contributed by atoms with E-state index in [2.05, 4.69) is 36.2 Å². The fraction of sp³-hybridized carbons (Fsp3) is 0.588. The van der Waals surface area contributed by atoms with Gasteiger partial charge in [-0.05, 0) is 69.7 Å². The lowest BCUT2D eigenvalue weighted by Gasteiger charge is -2.39. The molecule has 20 heavy (non-hydrogen) atoms. The maximum absolute atomic E-state index is 12.8. The minimum absolute atomic E-state index is 0.207. The van der Waals surface area contributed by atoms with Crippen LogP contribution >= 0.6 is 0 Å². The van der Waals surface area contributed by atoms with E-state index < -0.39 is 0 Å². The molecule has 1 fully saturated rings. The van der Waals surface area contributed by atoms with E-state index in [1.165, 1.54) is 17.7 Å². The third-order valence-corrected chi connectivity index (χ3v) is 4.72. The van der Waals surface area contributed by atoms with E-state index in [-0.39, 0.29) is 5.91 Å². The number of fused-ring (bicyclic) bond motifs is 1. The summed E-state index contributed by atoms with van der Waals surface area (Å²) in [6.45, 7) is 5.39. The molecule has 0 saturated carbocycles. The summed E-state index contributed by atoms with van der Waals surface area (Å²) in [4.78, 5) is 14.9. The van der Waals surface area contributed by atoms with E-state index in [1.807, 2.05) is 6.07 Å². The second kappa shape index (κ2) is 5.47. The first-order valence-corrected chi connectivity index (χ1v) is 7.86. The van der Waals surface area contributed by atoms with E-state index in [9.17, 15) is 4.79 Å². The van der Waals surface area contributed by atoms with Gasteiger partial charge < -0.3 is 10.2 Å². The van der Waals surface area contributed by atoms with Crippen LogP contribution in [0, 0.1) is 0 Å². The molecule has 1 saturated heterocycles. The summed E-state index contributed by atoms with van der Waals surface area (Å²) in [7, 11) is 0. The van der Waals surface area contributed by atoms with E-state index in [0.29, 0.717) is 12.1 Å². The number of carbonyl (C=O) groups is 1. The lowest BCUT2D eigenvalue weighted by Crippen LogP contribution is -2.47. The number of rotatable bonds is 1. The minimum Gasteiger partial charge on any atom is -0.385 e. The Morgan fingerprint density at radius 2 is 1.95 bits per heavy atom. The third-order valence-electron chi connectivity index (χ3n) is 4.72. The Hall–Kier alpha value is -1.51. The molecule has 1 aromatic carbocycles. The van der Waals surface area contributed by atoms with Crippen molar-refractivity contribution in [3.63, 3.8) is 0 Å². The molecular formula is C17H24N2O. The van der Waals surface area contributed by atoms with Crippen molar-refractivity contribution >= 4 is 11.6 Å². The van der Waals surface area contributed by atoms with Crippen molar-refractivity contribution in [3.05, 3.63) is 29.3 Å². The highest BCUT2D eigenvalue weighted by Crippen LogP contribution is 2.27. The Balaban J connectivity index is 1.86. The summed E-state index contributed by atoms with van der Waals surface area (Å²) in [5.41, 5.74) is 3.35. The topological polar surface area (TPSA) is 32.3 Å². The Labute approximate surface area is 121 Å². The van der Waals surface area contributed by atoms with Gasteiger partial charge in [0.2, 0.25) is 0 Å². The number of benzene rings is 1. The molecule has 1 N–H and O–H groups in total. The number of anilines is 1. The summed E-state index contributed by atoms with van der Waals surface area (Å²) in [5, 5.41) is 3.40. The van der Waals surface area contributed by atoms with Gasteiger partial charge in [0.25, 0.3) is 5.91 Å². The first kappa shape index (κ1) is 13.5. The first-order valence-electron chi connectivity index (χ1n) is 7.86. The Morgan fingerprint density at radius 3 is 2.70 bits per heavy atom. The molecule has 0 aliphatic carbocycles. The van der Waals surface area contributed by atoms with Gasteiger partial charge >= 0.3 is 0 Å². The predicted molar refractivity (Wildman–Crippen MR) is 82.2 cm³/mol.